The number of alkyl halides is 2. The third kappa shape index (κ3) is 3.16. The molecule has 6 aliphatic rings. The highest BCUT2D eigenvalue weighted by Crippen LogP contribution is 2.71. The maximum Gasteiger partial charge on any atom is 0.509 e. The number of rotatable bonds is 3. The highest BCUT2D eigenvalue weighted by molar-refractivity contribution is 6.01. The fourth-order valence-corrected chi connectivity index (χ4v) is 10.6. The molecule has 12 atom stereocenters. The van der Waals surface area contributed by atoms with E-state index in [9.17, 15) is 24.6 Å². The molecule has 0 amide bonds. The number of carbonyl (C=O) groups is 3. The highest BCUT2D eigenvalue weighted by Gasteiger charge is 2.78. The summed E-state index contributed by atoms with van der Waals surface area (Å²) in [6.07, 6.45) is 1.42. The van der Waals surface area contributed by atoms with E-state index in [2.05, 4.69) is 13.8 Å². The molecule has 0 spiro atoms. The first-order chi connectivity index (χ1) is 18.5. The van der Waals surface area contributed by atoms with Gasteiger partial charge >= 0.3 is 12.1 Å². The summed E-state index contributed by atoms with van der Waals surface area (Å²) in [6, 6.07) is 0. The molecule has 5 fully saturated rings. The van der Waals surface area contributed by atoms with Crippen LogP contribution in [0.5, 0.6) is 0 Å². The number of aliphatic carboxylic acids is 1. The molecule has 9 heteroatoms. The molecule has 0 radical (unpaired) electrons. The second-order valence-corrected chi connectivity index (χ2v) is 14.5. The van der Waals surface area contributed by atoms with Crippen LogP contribution >= 0.6 is 0 Å². The van der Waals surface area contributed by atoms with Crippen LogP contribution in [0.15, 0.2) is 23.8 Å². The lowest BCUT2D eigenvalue weighted by atomic mass is 9.44. The van der Waals surface area contributed by atoms with Gasteiger partial charge in [-0.25, -0.2) is 18.4 Å². The van der Waals surface area contributed by atoms with Crippen molar-refractivity contribution in [3.8, 4) is 0 Å². The Morgan fingerprint density at radius 3 is 2.40 bits per heavy atom. The number of aliphatic hydroxyl groups is 1. The number of carboxylic acids is 1. The Labute approximate surface area is 233 Å². The van der Waals surface area contributed by atoms with Crippen LogP contribution in [0.4, 0.5) is 13.6 Å². The van der Waals surface area contributed by atoms with Crippen LogP contribution in [0.1, 0.15) is 73.1 Å². The van der Waals surface area contributed by atoms with E-state index in [0.717, 1.165) is 25.3 Å². The Kier molecular flexibility index (Phi) is 5.84. The predicted molar refractivity (Wildman–Crippen MR) is 140 cm³/mol. The summed E-state index contributed by atoms with van der Waals surface area (Å²) in [5.74, 6) is -3.71. The van der Waals surface area contributed by atoms with Crippen LogP contribution in [0.3, 0.4) is 0 Å². The van der Waals surface area contributed by atoms with Crippen molar-refractivity contribution < 1.29 is 42.9 Å². The normalized spacial score (nSPS) is 51.9. The van der Waals surface area contributed by atoms with Crippen molar-refractivity contribution in [2.24, 2.45) is 45.8 Å². The third-order valence-corrected chi connectivity index (χ3v) is 12.6. The third-order valence-electron chi connectivity index (χ3n) is 12.6. The highest BCUT2D eigenvalue weighted by atomic mass is 19.1. The van der Waals surface area contributed by atoms with Gasteiger partial charge in [-0.15, -0.1) is 0 Å². The molecule has 6 rings (SSSR count). The van der Waals surface area contributed by atoms with Crippen molar-refractivity contribution in [3.05, 3.63) is 23.8 Å². The Hall–Kier alpha value is -2.29. The van der Waals surface area contributed by atoms with Crippen molar-refractivity contribution in [2.45, 2.75) is 103 Å². The fourth-order valence-electron chi connectivity index (χ4n) is 10.6. The van der Waals surface area contributed by atoms with Crippen LogP contribution in [-0.4, -0.2) is 57.8 Å². The summed E-state index contributed by atoms with van der Waals surface area (Å²) >= 11 is 0. The van der Waals surface area contributed by atoms with Crippen molar-refractivity contribution in [1.29, 1.82) is 0 Å². The van der Waals surface area contributed by atoms with E-state index in [-0.39, 0.29) is 36.2 Å². The van der Waals surface area contributed by atoms with Crippen LogP contribution in [0, 0.1) is 45.8 Å². The standard InChI is InChI=1S/C31H40F2O7/c1-15-10-19-20-13-22(32)21-12-18(34)8-9-28(21,4)30(20,33)23(35)14-29(19,5)31(15,25(36)37)40-26(38)39-24-16-6-7-17(11-16)27(24,2)3/h8-9,12,15-17,19-20,22-24,35H,6-7,10-11,13-14H2,1-5H3,(H,36,37)/t15-,16-,17+,19+,20+,22+,23+,24-,28+,29+,30?,31-/m1/s1. The van der Waals surface area contributed by atoms with E-state index in [0.29, 0.717) is 5.92 Å². The molecule has 2 bridgehead atoms. The van der Waals surface area contributed by atoms with E-state index in [4.69, 9.17) is 9.47 Å². The first-order valence-electron chi connectivity index (χ1n) is 14.6. The SMILES string of the molecule is C[C@@H]1C[C@H]2[C@@H]3C[C@H](F)C4=CC(=O)C=C[C@]4(C)C3(F)[C@@H](O)C[C@]2(C)[C@]1(OC(=O)O[C@@H]1[C@@H]2CC[C@@H](C2)C1(C)C)C(=O)O. The number of ether oxygens (including phenoxy) is 2. The number of fused-ring (bicyclic) bond motifs is 7. The van der Waals surface area contributed by atoms with Gasteiger partial charge in [0, 0.05) is 28.1 Å². The summed E-state index contributed by atoms with van der Waals surface area (Å²) in [5.41, 5.74) is -7.66. The zero-order valence-electron chi connectivity index (χ0n) is 23.8. The van der Waals surface area contributed by atoms with Crippen LogP contribution < -0.4 is 0 Å². The monoisotopic (exact) mass is 562 g/mol. The minimum atomic E-state index is -2.34. The number of carbonyl (C=O) groups excluding carboxylic acids is 2. The molecule has 0 saturated heterocycles. The lowest BCUT2D eigenvalue weighted by Gasteiger charge is -2.62. The molecule has 220 valence electrons. The largest absolute Gasteiger partial charge is 0.509 e. The number of hydrogen-bond donors (Lipinski definition) is 2. The lowest BCUT2D eigenvalue weighted by molar-refractivity contribution is -0.233. The molecule has 0 aromatic heterocycles. The molecule has 0 aromatic carbocycles. The second-order valence-electron chi connectivity index (χ2n) is 14.5. The van der Waals surface area contributed by atoms with Gasteiger partial charge in [0.05, 0.1) is 6.10 Å². The molecule has 2 N–H and O–H groups in total. The number of ketones is 1. The number of aliphatic hydroxyl groups excluding tert-OH is 1. The first kappa shape index (κ1) is 27.9. The number of halogens is 2. The Morgan fingerprint density at radius 2 is 1.77 bits per heavy atom. The van der Waals surface area contributed by atoms with Gasteiger partial charge in [-0.1, -0.05) is 33.8 Å². The summed E-state index contributed by atoms with van der Waals surface area (Å²) < 4.78 is 44.9. The van der Waals surface area contributed by atoms with Crippen molar-refractivity contribution >= 4 is 17.9 Å². The van der Waals surface area contributed by atoms with E-state index in [1.54, 1.807) is 13.8 Å². The molecule has 5 saturated carbocycles. The van der Waals surface area contributed by atoms with Gasteiger partial charge in [-0.2, -0.15) is 0 Å². The Balaban J connectivity index is 1.36. The zero-order valence-corrected chi connectivity index (χ0v) is 23.8. The van der Waals surface area contributed by atoms with Crippen LogP contribution in [0.25, 0.3) is 0 Å². The lowest BCUT2D eigenvalue weighted by Crippen LogP contribution is -2.71. The molecule has 7 nitrogen and oxygen atoms in total. The van der Waals surface area contributed by atoms with Crippen molar-refractivity contribution in [2.75, 3.05) is 0 Å². The number of hydrogen-bond acceptors (Lipinski definition) is 6. The second kappa shape index (κ2) is 8.39. The maximum absolute atomic E-state index is 17.4. The molecular formula is C31H40F2O7. The van der Waals surface area contributed by atoms with E-state index in [1.165, 1.54) is 19.1 Å². The molecule has 0 heterocycles. The minimum Gasteiger partial charge on any atom is -0.478 e. The average molecular weight is 563 g/mol. The predicted octanol–water partition coefficient (Wildman–Crippen LogP) is 5.35. The molecule has 0 aromatic rings. The van der Waals surface area contributed by atoms with Crippen molar-refractivity contribution in [3.63, 3.8) is 0 Å². The average Bonchev–Trinajstić information content (AvgIpc) is 3.50. The minimum absolute atomic E-state index is 0.00486. The number of allylic oxidation sites excluding steroid dienone is 4. The van der Waals surface area contributed by atoms with E-state index in [1.807, 2.05) is 0 Å². The van der Waals surface area contributed by atoms with Crippen molar-refractivity contribution in [1.82, 2.24) is 0 Å². The van der Waals surface area contributed by atoms with E-state index < -0.39 is 76.1 Å². The molecular weight excluding hydrogens is 522 g/mol. The Bertz CT molecular complexity index is 1230. The van der Waals surface area contributed by atoms with Gasteiger partial charge in [0.25, 0.3) is 0 Å². The molecule has 0 aliphatic heterocycles. The fraction of sp³-hybridized carbons (Fsp3) is 0.774. The van der Waals surface area contributed by atoms with Crippen LogP contribution in [0.2, 0.25) is 0 Å². The topological polar surface area (TPSA) is 110 Å². The van der Waals surface area contributed by atoms with Gasteiger partial charge in [-0.3, -0.25) is 4.79 Å². The van der Waals surface area contributed by atoms with Gasteiger partial charge in [0.1, 0.15) is 12.3 Å². The molecule has 40 heavy (non-hydrogen) atoms. The maximum atomic E-state index is 17.4. The summed E-state index contributed by atoms with van der Waals surface area (Å²) in [6.45, 7) is 8.89. The van der Waals surface area contributed by atoms with Gasteiger partial charge in [0.15, 0.2) is 11.5 Å². The number of carboxylic acid groups (broad SMARTS) is 1. The zero-order chi connectivity index (χ0) is 29.2. The van der Waals surface area contributed by atoms with E-state index >= 15 is 8.78 Å². The smallest absolute Gasteiger partial charge is 0.478 e. The molecule has 6 aliphatic carbocycles. The summed E-state index contributed by atoms with van der Waals surface area (Å²) in [4.78, 5) is 38.6. The van der Waals surface area contributed by atoms with Gasteiger partial charge in [0.2, 0.25) is 5.60 Å². The summed E-state index contributed by atoms with van der Waals surface area (Å²) in [5, 5.41) is 22.2. The van der Waals surface area contributed by atoms with Gasteiger partial charge < -0.3 is 19.7 Å². The quantitative estimate of drug-likeness (QED) is 0.446. The van der Waals surface area contributed by atoms with Gasteiger partial charge in [-0.05, 0) is 80.9 Å². The summed E-state index contributed by atoms with van der Waals surface area (Å²) in [7, 11) is 0. The molecule has 1 unspecified atom stereocenters. The van der Waals surface area contributed by atoms with Crippen LogP contribution in [-0.2, 0) is 19.1 Å². The Morgan fingerprint density at radius 1 is 1.07 bits per heavy atom. The first-order valence-corrected chi connectivity index (χ1v) is 14.6.